The van der Waals surface area contributed by atoms with E-state index >= 15 is 0 Å². The van der Waals surface area contributed by atoms with Gasteiger partial charge >= 0.3 is 0 Å². The first-order chi connectivity index (χ1) is 7.67. The average molecular weight is 243 g/mol. The lowest BCUT2D eigenvalue weighted by molar-refractivity contribution is 0.317. The van der Waals surface area contributed by atoms with Crippen LogP contribution in [0.5, 0.6) is 0 Å². The summed E-state index contributed by atoms with van der Waals surface area (Å²) >= 11 is 2.22. The zero-order chi connectivity index (χ0) is 12.0. The third-order valence-electron chi connectivity index (χ3n) is 3.69. The molecule has 1 aliphatic rings. The number of hydrogen-bond donors (Lipinski definition) is 1. The molecule has 0 aromatic heterocycles. The van der Waals surface area contributed by atoms with Crippen molar-refractivity contribution < 1.29 is 0 Å². The van der Waals surface area contributed by atoms with E-state index in [0.29, 0.717) is 0 Å². The fourth-order valence-electron chi connectivity index (χ4n) is 2.44. The van der Waals surface area contributed by atoms with Gasteiger partial charge in [-0.15, -0.1) is 0 Å². The predicted octanol–water partition coefficient (Wildman–Crippen LogP) is 4.07. The van der Waals surface area contributed by atoms with E-state index in [9.17, 15) is 0 Å². The molecule has 1 fully saturated rings. The van der Waals surface area contributed by atoms with Crippen molar-refractivity contribution in [2.45, 2.75) is 76.3 Å². The van der Waals surface area contributed by atoms with E-state index in [1.165, 1.54) is 38.6 Å². The van der Waals surface area contributed by atoms with Crippen molar-refractivity contribution in [3.63, 3.8) is 0 Å². The van der Waals surface area contributed by atoms with E-state index < -0.39 is 0 Å². The maximum atomic E-state index is 3.75. The standard InChI is InChI=1S/C14H29NS/c1-5-9-15-13-8-7-11(3)10-14(13)16-12(4)6-2/h11-15H,5-10H2,1-4H3. The quantitative estimate of drug-likeness (QED) is 0.754. The molecule has 96 valence electrons. The van der Waals surface area contributed by atoms with E-state index in [0.717, 1.165) is 22.5 Å². The lowest BCUT2D eigenvalue weighted by Gasteiger charge is -2.36. The molecular formula is C14H29NS. The highest BCUT2D eigenvalue weighted by molar-refractivity contribution is 8.00. The van der Waals surface area contributed by atoms with E-state index in [-0.39, 0.29) is 0 Å². The summed E-state index contributed by atoms with van der Waals surface area (Å²) < 4.78 is 0. The number of thioether (sulfide) groups is 1. The molecule has 4 unspecified atom stereocenters. The predicted molar refractivity (Wildman–Crippen MR) is 76.2 cm³/mol. The summed E-state index contributed by atoms with van der Waals surface area (Å²) in [6, 6.07) is 0.773. The molecule has 1 nitrogen and oxygen atoms in total. The number of hydrogen-bond acceptors (Lipinski definition) is 2. The van der Waals surface area contributed by atoms with E-state index in [2.05, 4.69) is 44.8 Å². The van der Waals surface area contributed by atoms with Crippen LogP contribution in [0.15, 0.2) is 0 Å². The summed E-state index contributed by atoms with van der Waals surface area (Å²) in [6.07, 6.45) is 6.77. The minimum absolute atomic E-state index is 0.773. The fourth-order valence-corrected chi connectivity index (χ4v) is 4.09. The van der Waals surface area contributed by atoms with Crippen LogP contribution in [0.25, 0.3) is 0 Å². The maximum Gasteiger partial charge on any atom is 0.0206 e. The molecule has 1 saturated carbocycles. The number of nitrogens with one attached hydrogen (secondary N) is 1. The molecule has 0 aromatic rings. The van der Waals surface area contributed by atoms with Crippen LogP contribution in [0, 0.1) is 5.92 Å². The second-order valence-corrected chi connectivity index (χ2v) is 7.05. The molecule has 1 aliphatic carbocycles. The Bertz CT molecular complexity index is 182. The van der Waals surface area contributed by atoms with Crippen molar-refractivity contribution in [2.75, 3.05) is 6.54 Å². The largest absolute Gasteiger partial charge is 0.313 e. The van der Waals surface area contributed by atoms with Gasteiger partial charge in [0.15, 0.2) is 0 Å². The summed E-state index contributed by atoms with van der Waals surface area (Å²) in [5.41, 5.74) is 0. The van der Waals surface area contributed by atoms with E-state index in [1.807, 2.05) is 0 Å². The Morgan fingerprint density at radius 1 is 1.31 bits per heavy atom. The number of rotatable bonds is 6. The zero-order valence-electron chi connectivity index (χ0n) is 11.5. The monoisotopic (exact) mass is 243 g/mol. The SMILES string of the molecule is CCCNC1CCC(C)CC1SC(C)CC. The summed E-state index contributed by atoms with van der Waals surface area (Å²) in [5.74, 6) is 0.932. The maximum absolute atomic E-state index is 3.75. The van der Waals surface area contributed by atoms with Gasteiger partial charge < -0.3 is 5.32 Å². The minimum Gasteiger partial charge on any atom is -0.313 e. The molecule has 4 atom stereocenters. The Hall–Kier alpha value is 0.310. The van der Waals surface area contributed by atoms with Crippen molar-refractivity contribution in [3.8, 4) is 0 Å². The fraction of sp³-hybridized carbons (Fsp3) is 1.00. The smallest absolute Gasteiger partial charge is 0.0206 e. The average Bonchev–Trinajstić information content (AvgIpc) is 2.28. The lowest BCUT2D eigenvalue weighted by atomic mass is 9.87. The van der Waals surface area contributed by atoms with Gasteiger partial charge in [0, 0.05) is 16.5 Å². The van der Waals surface area contributed by atoms with Crippen molar-refractivity contribution in [3.05, 3.63) is 0 Å². The van der Waals surface area contributed by atoms with Crippen molar-refractivity contribution in [1.82, 2.24) is 5.32 Å². The molecule has 0 spiro atoms. The molecule has 0 amide bonds. The summed E-state index contributed by atoms with van der Waals surface area (Å²) in [5, 5.41) is 5.42. The summed E-state index contributed by atoms with van der Waals surface area (Å²) in [4.78, 5) is 0. The van der Waals surface area contributed by atoms with Gasteiger partial charge in [0.2, 0.25) is 0 Å². The Balaban J connectivity index is 2.44. The Morgan fingerprint density at radius 3 is 2.69 bits per heavy atom. The van der Waals surface area contributed by atoms with Gasteiger partial charge in [-0.25, -0.2) is 0 Å². The van der Waals surface area contributed by atoms with Gasteiger partial charge in [-0.2, -0.15) is 11.8 Å². The molecule has 16 heavy (non-hydrogen) atoms. The third-order valence-corrected chi connectivity index (χ3v) is 5.36. The Morgan fingerprint density at radius 2 is 2.06 bits per heavy atom. The van der Waals surface area contributed by atoms with Crippen LogP contribution >= 0.6 is 11.8 Å². The lowest BCUT2D eigenvalue weighted by Crippen LogP contribution is -2.43. The van der Waals surface area contributed by atoms with Crippen LogP contribution < -0.4 is 5.32 Å². The molecule has 0 aliphatic heterocycles. The molecule has 0 radical (unpaired) electrons. The minimum atomic E-state index is 0.773. The van der Waals surface area contributed by atoms with Gasteiger partial charge in [0.05, 0.1) is 0 Å². The zero-order valence-corrected chi connectivity index (χ0v) is 12.3. The first-order valence-corrected chi connectivity index (χ1v) is 8.00. The molecule has 2 heteroatoms. The van der Waals surface area contributed by atoms with Crippen molar-refractivity contribution in [2.24, 2.45) is 5.92 Å². The molecular weight excluding hydrogens is 214 g/mol. The van der Waals surface area contributed by atoms with Crippen LogP contribution in [0.4, 0.5) is 0 Å². The molecule has 0 heterocycles. The van der Waals surface area contributed by atoms with Crippen molar-refractivity contribution >= 4 is 11.8 Å². The second-order valence-electron chi connectivity index (χ2n) is 5.37. The van der Waals surface area contributed by atoms with E-state index in [1.54, 1.807) is 0 Å². The highest BCUT2D eigenvalue weighted by atomic mass is 32.2. The highest BCUT2D eigenvalue weighted by Gasteiger charge is 2.29. The molecule has 1 N–H and O–H groups in total. The van der Waals surface area contributed by atoms with E-state index in [4.69, 9.17) is 0 Å². The van der Waals surface area contributed by atoms with Gasteiger partial charge in [0.25, 0.3) is 0 Å². The van der Waals surface area contributed by atoms with Crippen LogP contribution in [0.1, 0.15) is 59.8 Å². The van der Waals surface area contributed by atoms with Gasteiger partial charge in [0.1, 0.15) is 0 Å². The van der Waals surface area contributed by atoms with Crippen LogP contribution in [-0.2, 0) is 0 Å². The summed E-state index contributed by atoms with van der Waals surface area (Å²) in [7, 11) is 0. The second kappa shape index (κ2) is 7.60. The van der Waals surface area contributed by atoms with Crippen molar-refractivity contribution in [1.29, 1.82) is 0 Å². The molecule has 0 saturated heterocycles. The summed E-state index contributed by atoms with van der Waals surface area (Å²) in [6.45, 7) is 10.5. The Kier molecular flexibility index (Phi) is 6.83. The topological polar surface area (TPSA) is 12.0 Å². The normalized spacial score (nSPS) is 32.6. The van der Waals surface area contributed by atoms with Crippen LogP contribution in [0.2, 0.25) is 0 Å². The van der Waals surface area contributed by atoms with Gasteiger partial charge in [-0.3, -0.25) is 0 Å². The Labute approximate surface area is 106 Å². The van der Waals surface area contributed by atoms with Crippen LogP contribution in [0.3, 0.4) is 0 Å². The third kappa shape index (κ3) is 4.67. The first kappa shape index (κ1) is 14.4. The van der Waals surface area contributed by atoms with Gasteiger partial charge in [-0.1, -0.05) is 27.7 Å². The van der Waals surface area contributed by atoms with Gasteiger partial charge in [-0.05, 0) is 44.6 Å². The molecule has 1 rings (SSSR count). The molecule has 0 aromatic carbocycles. The molecule has 0 bridgehead atoms. The van der Waals surface area contributed by atoms with Crippen LogP contribution in [-0.4, -0.2) is 23.1 Å². The highest BCUT2D eigenvalue weighted by Crippen LogP contribution is 2.35. The first-order valence-electron chi connectivity index (χ1n) is 7.06.